The summed E-state index contributed by atoms with van der Waals surface area (Å²) in [5.74, 6) is 0.321. The Bertz CT molecular complexity index is 620. The highest BCUT2D eigenvalue weighted by Crippen LogP contribution is 2.23. The van der Waals surface area contributed by atoms with E-state index in [9.17, 15) is 8.42 Å². The van der Waals surface area contributed by atoms with Gasteiger partial charge in [0.1, 0.15) is 0 Å². The number of benzene rings is 1. The average Bonchev–Trinajstić information content (AvgIpc) is 2.48. The zero-order valence-electron chi connectivity index (χ0n) is 12.0. The molecule has 1 saturated heterocycles. The summed E-state index contributed by atoms with van der Waals surface area (Å²) in [7, 11) is -3.33. The summed E-state index contributed by atoms with van der Waals surface area (Å²) < 4.78 is 26.6. The van der Waals surface area contributed by atoms with Gasteiger partial charge in [0.15, 0.2) is 0 Å². The second-order valence-electron chi connectivity index (χ2n) is 5.51. The summed E-state index contributed by atoms with van der Waals surface area (Å²) in [6.07, 6.45) is 2.81. The maximum atomic E-state index is 12.5. The Morgan fingerprint density at radius 3 is 2.95 bits per heavy atom. The molecule has 1 aliphatic rings. The molecule has 0 aromatic heterocycles. The lowest BCUT2D eigenvalue weighted by molar-refractivity contribution is 0.258. The molecule has 1 unspecified atom stereocenters. The third-order valence-electron chi connectivity index (χ3n) is 3.86. The van der Waals surface area contributed by atoms with Gasteiger partial charge in [-0.15, -0.1) is 0 Å². The van der Waals surface area contributed by atoms with Crippen LogP contribution in [0.3, 0.4) is 0 Å². The van der Waals surface area contributed by atoms with E-state index in [1.807, 2.05) is 6.07 Å². The Morgan fingerprint density at radius 1 is 1.43 bits per heavy atom. The first-order chi connectivity index (χ1) is 10.0. The molecule has 114 valence electrons. The Hall–Kier alpha value is -1.42. The lowest BCUT2D eigenvalue weighted by Crippen LogP contribution is -2.41. The molecule has 6 heteroatoms. The molecule has 0 radical (unpaired) electrons. The molecule has 0 spiro atoms. The van der Waals surface area contributed by atoms with Crippen molar-refractivity contribution in [3.63, 3.8) is 0 Å². The Labute approximate surface area is 126 Å². The van der Waals surface area contributed by atoms with Crippen LogP contribution in [0.5, 0.6) is 0 Å². The monoisotopic (exact) mass is 307 g/mol. The van der Waals surface area contributed by atoms with Crippen LogP contribution < -0.4 is 5.73 Å². The van der Waals surface area contributed by atoms with Gasteiger partial charge in [-0.05, 0) is 49.4 Å². The van der Waals surface area contributed by atoms with E-state index in [1.54, 1.807) is 28.6 Å². The van der Waals surface area contributed by atoms with Crippen LogP contribution >= 0.6 is 0 Å². The van der Waals surface area contributed by atoms with Crippen molar-refractivity contribution in [3.05, 3.63) is 35.4 Å². The lowest BCUT2D eigenvalue weighted by atomic mass is 9.96. The normalized spacial score (nSPS) is 20.1. The van der Waals surface area contributed by atoms with Crippen LogP contribution in [0.4, 0.5) is 0 Å². The highest BCUT2D eigenvalue weighted by Gasteiger charge is 2.28. The predicted molar refractivity (Wildman–Crippen MR) is 81.7 cm³/mol. The van der Waals surface area contributed by atoms with Gasteiger partial charge in [0, 0.05) is 13.1 Å². The van der Waals surface area contributed by atoms with Crippen LogP contribution in [0.25, 0.3) is 0 Å². The van der Waals surface area contributed by atoms with Gasteiger partial charge >= 0.3 is 0 Å². The van der Waals surface area contributed by atoms with E-state index >= 15 is 0 Å². The van der Waals surface area contributed by atoms with Crippen LogP contribution in [0.15, 0.2) is 24.3 Å². The fourth-order valence-corrected chi connectivity index (χ4v) is 4.41. The predicted octanol–water partition coefficient (Wildman–Crippen LogP) is 1.45. The molecule has 0 bridgehead atoms. The fraction of sp³-hybridized carbons (Fsp3) is 0.533. The first kappa shape index (κ1) is 16.0. The second-order valence-corrected chi connectivity index (χ2v) is 7.48. The molecule has 1 heterocycles. The van der Waals surface area contributed by atoms with Crippen molar-refractivity contribution in [3.8, 4) is 6.07 Å². The van der Waals surface area contributed by atoms with Crippen molar-refractivity contribution in [2.24, 2.45) is 11.7 Å². The Balaban J connectivity index is 2.09. The second kappa shape index (κ2) is 7.03. The average molecular weight is 307 g/mol. The molecule has 1 aromatic rings. The molecule has 0 amide bonds. The molecular weight excluding hydrogens is 286 g/mol. The first-order valence-corrected chi connectivity index (χ1v) is 8.83. The van der Waals surface area contributed by atoms with Crippen molar-refractivity contribution in [2.45, 2.75) is 25.0 Å². The van der Waals surface area contributed by atoms with E-state index in [-0.39, 0.29) is 5.75 Å². The van der Waals surface area contributed by atoms with Gasteiger partial charge in [-0.1, -0.05) is 12.1 Å². The van der Waals surface area contributed by atoms with Gasteiger partial charge in [0.2, 0.25) is 10.0 Å². The van der Waals surface area contributed by atoms with Crippen LogP contribution in [-0.4, -0.2) is 32.4 Å². The number of hydrogen-bond acceptors (Lipinski definition) is 4. The van der Waals surface area contributed by atoms with Crippen molar-refractivity contribution >= 4 is 10.0 Å². The number of sulfonamides is 1. The minimum absolute atomic E-state index is 0.0438. The van der Waals surface area contributed by atoms with Gasteiger partial charge in [-0.3, -0.25) is 0 Å². The molecule has 21 heavy (non-hydrogen) atoms. The maximum absolute atomic E-state index is 12.5. The van der Waals surface area contributed by atoms with Gasteiger partial charge in [-0.25, -0.2) is 12.7 Å². The van der Waals surface area contributed by atoms with E-state index in [4.69, 9.17) is 11.0 Å². The first-order valence-electron chi connectivity index (χ1n) is 7.22. The number of hydrogen-bond donors (Lipinski definition) is 1. The summed E-state index contributed by atoms with van der Waals surface area (Å²) in [4.78, 5) is 0. The molecule has 1 fully saturated rings. The Morgan fingerprint density at radius 2 is 2.24 bits per heavy atom. The van der Waals surface area contributed by atoms with E-state index in [0.717, 1.165) is 19.3 Å². The lowest BCUT2D eigenvalue weighted by Gasteiger charge is -2.31. The van der Waals surface area contributed by atoms with E-state index in [0.29, 0.717) is 36.7 Å². The summed E-state index contributed by atoms with van der Waals surface area (Å²) >= 11 is 0. The van der Waals surface area contributed by atoms with Crippen molar-refractivity contribution < 1.29 is 8.42 Å². The fourth-order valence-electron chi connectivity index (χ4n) is 2.78. The smallest absolute Gasteiger partial charge is 0.218 e. The number of nitrogens with zero attached hydrogens (tertiary/aromatic N) is 2. The highest BCUT2D eigenvalue weighted by molar-refractivity contribution is 7.88. The number of rotatable bonds is 5. The molecule has 0 aliphatic carbocycles. The van der Waals surface area contributed by atoms with Crippen molar-refractivity contribution in [1.29, 1.82) is 5.26 Å². The summed E-state index contributed by atoms with van der Waals surface area (Å²) in [6, 6.07) is 8.82. The molecule has 1 aromatic carbocycles. The van der Waals surface area contributed by atoms with Crippen LogP contribution in [0.2, 0.25) is 0 Å². The molecular formula is C15H21N3O2S. The topological polar surface area (TPSA) is 87.2 Å². The molecule has 1 atom stereocenters. The molecule has 0 saturated carbocycles. The summed E-state index contributed by atoms with van der Waals surface area (Å²) in [6.45, 7) is 1.75. The molecule has 5 nitrogen and oxygen atoms in total. The SMILES string of the molecule is N#Cc1cccc(CS(=O)(=O)N2CCCC(CCN)C2)c1. The summed E-state index contributed by atoms with van der Waals surface area (Å²) in [5.41, 5.74) is 6.72. The van der Waals surface area contributed by atoms with Crippen LogP contribution in [0.1, 0.15) is 30.4 Å². The third kappa shape index (κ3) is 4.27. The van der Waals surface area contributed by atoms with Gasteiger partial charge in [-0.2, -0.15) is 5.26 Å². The largest absolute Gasteiger partial charge is 0.330 e. The van der Waals surface area contributed by atoms with Gasteiger partial charge in [0.05, 0.1) is 17.4 Å². The molecule has 2 N–H and O–H groups in total. The summed E-state index contributed by atoms with van der Waals surface area (Å²) in [5, 5.41) is 8.88. The van der Waals surface area contributed by atoms with E-state index in [1.165, 1.54) is 0 Å². The minimum Gasteiger partial charge on any atom is -0.330 e. The zero-order chi connectivity index (χ0) is 15.3. The van der Waals surface area contributed by atoms with Crippen molar-refractivity contribution in [2.75, 3.05) is 19.6 Å². The number of nitriles is 1. The molecule has 2 rings (SSSR count). The minimum atomic E-state index is -3.33. The maximum Gasteiger partial charge on any atom is 0.218 e. The third-order valence-corrected chi connectivity index (χ3v) is 5.67. The van der Waals surface area contributed by atoms with Crippen LogP contribution in [-0.2, 0) is 15.8 Å². The molecule has 1 aliphatic heterocycles. The number of piperidine rings is 1. The van der Waals surface area contributed by atoms with Gasteiger partial charge in [0.25, 0.3) is 0 Å². The quantitative estimate of drug-likeness (QED) is 0.892. The van der Waals surface area contributed by atoms with E-state index in [2.05, 4.69) is 0 Å². The zero-order valence-corrected chi connectivity index (χ0v) is 12.8. The van der Waals surface area contributed by atoms with Crippen LogP contribution in [0, 0.1) is 17.2 Å². The highest BCUT2D eigenvalue weighted by atomic mass is 32.2. The van der Waals surface area contributed by atoms with E-state index < -0.39 is 10.0 Å². The number of nitrogens with two attached hydrogens (primary N) is 1. The van der Waals surface area contributed by atoms with Crippen molar-refractivity contribution in [1.82, 2.24) is 4.31 Å². The van der Waals surface area contributed by atoms with Gasteiger partial charge < -0.3 is 5.73 Å². The Kier molecular flexibility index (Phi) is 5.34. The standard InChI is InChI=1S/C15H21N3O2S/c16-7-6-13-5-2-8-18(11-13)21(19,20)12-15-4-1-3-14(9-15)10-17/h1,3-4,9,13H,2,5-8,11-12,16H2.